The summed E-state index contributed by atoms with van der Waals surface area (Å²) in [6.07, 6.45) is 6.86. The van der Waals surface area contributed by atoms with Crippen LogP contribution in [0.2, 0.25) is 0 Å². The van der Waals surface area contributed by atoms with E-state index in [1.165, 1.54) is 19.3 Å². The lowest BCUT2D eigenvalue weighted by molar-refractivity contribution is 0.369. The Morgan fingerprint density at radius 3 is 2.79 bits per heavy atom. The Labute approximate surface area is 84.5 Å². The molecule has 1 aromatic heterocycles. The van der Waals surface area contributed by atoms with E-state index in [-0.39, 0.29) is 0 Å². The largest absolute Gasteiger partial charge is 0.469 e. The first-order valence-electron chi connectivity index (χ1n) is 5.61. The van der Waals surface area contributed by atoms with Gasteiger partial charge in [0, 0.05) is 12.5 Å². The van der Waals surface area contributed by atoms with Gasteiger partial charge in [0.25, 0.3) is 0 Å². The lowest BCUT2D eigenvalue weighted by atomic mass is 9.92. The smallest absolute Gasteiger partial charge is 0.105 e. The van der Waals surface area contributed by atoms with Gasteiger partial charge in [-0.15, -0.1) is 0 Å². The van der Waals surface area contributed by atoms with Gasteiger partial charge >= 0.3 is 0 Å². The molecule has 3 rings (SSSR count). The number of nitrogens with two attached hydrogens (primary N) is 1. The van der Waals surface area contributed by atoms with E-state index in [2.05, 4.69) is 0 Å². The van der Waals surface area contributed by atoms with Gasteiger partial charge in [-0.2, -0.15) is 0 Å². The maximum atomic E-state index is 6.19. The quantitative estimate of drug-likeness (QED) is 0.795. The average molecular weight is 191 g/mol. The second-order valence-corrected chi connectivity index (χ2v) is 4.93. The van der Waals surface area contributed by atoms with Gasteiger partial charge in [0.05, 0.1) is 6.26 Å². The highest BCUT2D eigenvalue weighted by atomic mass is 16.3. The van der Waals surface area contributed by atoms with Crippen LogP contribution in [0.3, 0.4) is 0 Å². The first-order valence-corrected chi connectivity index (χ1v) is 5.61. The molecule has 0 saturated heterocycles. The summed E-state index contributed by atoms with van der Waals surface area (Å²) in [5.41, 5.74) is 6.19. The monoisotopic (exact) mass is 191 g/mol. The Kier molecular flexibility index (Phi) is 1.91. The molecule has 3 atom stereocenters. The molecule has 0 aromatic carbocycles. The van der Waals surface area contributed by atoms with Crippen molar-refractivity contribution < 1.29 is 4.42 Å². The zero-order valence-corrected chi connectivity index (χ0v) is 8.36. The molecule has 2 heteroatoms. The van der Waals surface area contributed by atoms with E-state index in [0.717, 1.165) is 29.9 Å². The molecular formula is C12H17NO. The van der Waals surface area contributed by atoms with Crippen LogP contribution in [-0.4, -0.2) is 6.04 Å². The molecular weight excluding hydrogens is 174 g/mol. The van der Waals surface area contributed by atoms with Crippen LogP contribution in [0.1, 0.15) is 25.0 Å². The van der Waals surface area contributed by atoms with E-state index in [1.807, 2.05) is 12.1 Å². The Morgan fingerprint density at radius 2 is 2.14 bits per heavy atom. The molecule has 0 aliphatic heterocycles. The van der Waals surface area contributed by atoms with Gasteiger partial charge in [-0.3, -0.25) is 0 Å². The van der Waals surface area contributed by atoms with Gasteiger partial charge in [0.2, 0.25) is 0 Å². The average Bonchev–Trinajstić information content (AvgIpc) is 2.68. The molecule has 76 valence electrons. The van der Waals surface area contributed by atoms with Crippen LogP contribution in [-0.2, 0) is 6.42 Å². The number of furan rings is 1. The third-order valence-corrected chi connectivity index (χ3v) is 3.90. The van der Waals surface area contributed by atoms with Crippen LogP contribution >= 0.6 is 0 Å². The topological polar surface area (TPSA) is 39.2 Å². The van der Waals surface area contributed by atoms with Gasteiger partial charge < -0.3 is 10.2 Å². The fourth-order valence-electron chi connectivity index (χ4n) is 2.94. The zero-order valence-electron chi connectivity index (χ0n) is 8.36. The van der Waals surface area contributed by atoms with Crippen LogP contribution in [0.15, 0.2) is 22.8 Å². The van der Waals surface area contributed by atoms with Gasteiger partial charge in [-0.05, 0) is 49.1 Å². The highest BCUT2D eigenvalue weighted by Gasteiger charge is 2.47. The third-order valence-electron chi connectivity index (χ3n) is 3.90. The van der Waals surface area contributed by atoms with Crippen LogP contribution in [0.5, 0.6) is 0 Å². The van der Waals surface area contributed by atoms with E-state index < -0.39 is 0 Å². The first kappa shape index (κ1) is 8.54. The first-order chi connectivity index (χ1) is 6.83. The SMILES string of the molecule is NC(Cc1ccco1)C1CC2CC2C1. The second-order valence-electron chi connectivity index (χ2n) is 4.93. The minimum absolute atomic E-state index is 0.314. The summed E-state index contributed by atoms with van der Waals surface area (Å²) >= 11 is 0. The number of hydrogen-bond donors (Lipinski definition) is 1. The summed E-state index contributed by atoms with van der Waals surface area (Å²) in [5.74, 6) is 3.85. The van der Waals surface area contributed by atoms with Crippen molar-refractivity contribution in [2.75, 3.05) is 0 Å². The van der Waals surface area contributed by atoms with Crippen molar-refractivity contribution in [3.63, 3.8) is 0 Å². The predicted molar refractivity (Wildman–Crippen MR) is 54.7 cm³/mol. The molecule has 2 nitrogen and oxygen atoms in total. The molecule has 0 amide bonds. The number of hydrogen-bond acceptors (Lipinski definition) is 2. The molecule has 3 unspecified atom stereocenters. The van der Waals surface area contributed by atoms with E-state index in [9.17, 15) is 0 Å². The Hall–Kier alpha value is -0.760. The van der Waals surface area contributed by atoms with Gasteiger partial charge in [0.15, 0.2) is 0 Å². The van der Waals surface area contributed by atoms with Crippen molar-refractivity contribution in [2.45, 2.75) is 31.7 Å². The van der Waals surface area contributed by atoms with Crippen molar-refractivity contribution in [1.29, 1.82) is 0 Å². The number of fused-ring (bicyclic) bond motifs is 1. The molecule has 0 bridgehead atoms. The van der Waals surface area contributed by atoms with Crippen LogP contribution in [0.25, 0.3) is 0 Å². The third kappa shape index (κ3) is 1.48. The predicted octanol–water partition coefficient (Wildman–Crippen LogP) is 2.20. The summed E-state index contributed by atoms with van der Waals surface area (Å²) in [5, 5.41) is 0. The fourth-order valence-corrected chi connectivity index (χ4v) is 2.94. The fraction of sp³-hybridized carbons (Fsp3) is 0.667. The summed E-state index contributed by atoms with van der Waals surface area (Å²) in [4.78, 5) is 0. The van der Waals surface area contributed by atoms with Crippen molar-refractivity contribution >= 4 is 0 Å². The van der Waals surface area contributed by atoms with Gasteiger partial charge in [-0.25, -0.2) is 0 Å². The Bertz CT molecular complexity index is 296. The zero-order chi connectivity index (χ0) is 9.54. The molecule has 0 radical (unpaired) electrons. The maximum Gasteiger partial charge on any atom is 0.105 e. The van der Waals surface area contributed by atoms with Crippen molar-refractivity contribution in [3.05, 3.63) is 24.2 Å². The summed E-state index contributed by atoms with van der Waals surface area (Å²) in [6.45, 7) is 0. The lowest BCUT2D eigenvalue weighted by Gasteiger charge is -2.19. The van der Waals surface area contributed by atoms with E-state index in [4.69, 9.17) is 10.2 Å². The molecule has 2 saturated carbocycles. The standard InChI is InChI=1S/C12H17NO/c13-12(7-11-2-1-3-14-11)10-5-8-4-9(8)6-10/h1-3,8-10,12H,4-7,13H2. The van der Waals surface area contributed by atoms with E-state index in [0.29, 0.717) is 6.04 Å². The number of rotatable bonds is 3. The highest BCUT2D eigenvalue weighted by molar-refractivity contribution is 5.04. The highest BCUT2D eigenvalue weighted by Crippen LogP contribution is 2.55. The summed E-state index contributed by atoms with van der Waals surface area (Å²) < 4.78 is 5.32. The van der Waals surface area contributed by atoms with Crippen molar-refractivity contribution in [1.82, 2.24) is 0 Å². The summed E-state index contributed by atoms with van der Waals surface area (Å²) in [7, 11) is 0. The minimum atomic E-state index is 0.314. The molecule has 2 fully saturated rings. The van der Waals surface area contributed by atoms with E-state index >= 15 is 0 Å². The molecule has 0 spiro atoms. The molecule has 14 heavy (non-hydrogen) atoms. The van der Waals surface area contributed by atoms with Crippen molar-refractivity contribution in [3.8, 4) is 0 Å². The molecule has 2 aliphatic carbocycles. The second kappa shape index (κ2) is 3.13. The molecule has 2 aliphatic rings. The summed E-state index contributed by atoms with van der Waals surface area (Å²) in [6, 6.07) is 4.28. The molecule has 1 heterocycles. The van der Waals surface area contributed by atoms with Crippen molar-refractivity contribution in [2.24, 2.45) is 23.5 Å². The van der Waals surface area contributed by atoms with Gasteiger partial charge in [-0.1, -0.05) is 0 Å². The van der Waals surface area contributed by atoms with Gasteiger partial charge in [0.1, 0.15) is 5.76 Å². The Morgan fingerprint density at radius 1 is 1.36 bits per heavy atom. The van der Waals surface area contributed by atoms with Crippen LogP contribution < -0.4 is 5.73 Å². The minimum Gasteiger partial charge on any atom is -0.469 e. The Balaban J connectivity index is 1.58. The molecule has 2 N–H and O–H groups in total. The van der Waals surface area contributed by atoms with Crippen LogP contribution in [0, 0.1) is 17.8 Å². The van der Waals surface area contributed by atoms with E-state index in [1.54, 1.807) is 6.26 Å². The van der Waals surface area contributed by atoms with Crippen LogP contribution in [0.4, 0.5) is 0 Å². The lowest BCUT2D eigenvalue weighted by Crippen LogP contribution is -2.31. The molecule has 1 aromatic rings. The maximum absolute atomic E-state index is 6.19. The normalized spacial score (nSPS) is 36.8.